The highest BCUT2D eigenvalue weighted by molar-refractivity contribution is 7.89. The van der Waals surface area contributed by atoms with Crippen LogP contribution in [0.3, 0.4) is 0 Å². The number of halogens is 2. The number of sulfonamides is 1. The maximum atomic E-state index is 12.2. The van der Waals surface area contributed by atoms with E-state index >= 15 is 0 Å². The van der Waals surface area contributed by atoms with Gasteiger partial charge in [-0.2, -0.15) is 0 Å². The molecule has 0 unspecified atom stereocenters. The summed E-state index contributed by atoms with van der Waals surface area (Å²) in [5.41, 5.74) is 1.75. The highest BCUT2D eigenvalue weighted by atomic mass is 35.5. The summed E-state index contributed by atoms with van der Waals surface area (Å²) in [5, 5.41) is 3.87. The molecule has 7 heteroatoms. The van der Waals surface area contributed by atoms with Crippen LogP contribution in [-0.4, -0.2) is 28.1 Å². The Morgan fingerprint density at radius 1 is 1.30 bits per heavy atom. The van der Waals surface area contributed by atoms with E-state index in [2.05, 4.69) is 10.0 Å². The molecule has 0 fully saturated rings. The third kappa shape index (κ3) is 3.74. The van der Waals surface area contributed by atoms with E-state index in [1.807, 2.05) is 6.08 Å². The summed E-state index contributed by atoms with van der Waals surface area (Å²) in [5.74, 6) is 0. The van der Waals surface area contributed by atoms with E-state index in [1.54, 1.807) is 6.92 Å². The molecule has 4 nitrogen and oxygen atoms in total. The lowest BCUT2D eigenvalue weighted by Crippen LogP contribution is -2.29. The quantitative estimate of drug-likeness (QED) is 0.831. The van der Waals surface area contributed by atoms with Crippen LogP contribution in [0.2, 0.25) is 10.0 Å². The lowest BCUT2D eigenvalue weighted by atomic mass is 10.1. The van der Waals surface area contributed by atoms with Gasteiger partial charge >= 0.3 is 0 Å². The van der Waals surface area contributed by atoms with Crippen molar-refractivity contribution >= 4 is 33.2 Å². The molecule has 1 aliphatic heterocycles. The van der Waals surface area contributed by atoms with Crippen molar-refractivity contribution < 1.29 is 8.42 Å². The van der Waals surface area contributed by atoms with Crippen molar-refractivity contribution in [1.29, 1.82) is 0 Å². The molecule has 0 aromatic heterocycles. The molecule has 0 saturated carbocycles. The van der Waals surface area contributed by atoms with Gasteiger partial charge in [0.25, 0.3) is 0 Å². The summed E-state index contributed by atoms with van der Waals surface area (Å²) in [6, 6.07) is 2.84. The normalized spacial score (nSPS) is 16.1. The Labute approximate surface area is 129 Å². The molecule has 0 spiro atoms. The van der Waals surface area contributed by atoms with Crippen molar-refractivity contribution in [2.24, 2.45) is 0 Å². The van der Waals surface area contributed by atoms with Crippen LogP contribution in [0.4, 0.5) is 0 Å². The molecule has 0 bridgehead atoms. The van der Waals surface area contributed by atoms with E-state index < -0.39 is 10.0 Å². The van der Waals surface area contributed by atoms with E-state index in [0.717, 1.165) is 25.1 Å². The van der Waals surface area contributed by atoms with Gasteiger partial charge in [0.1, 0.15) is 0 Å². The summed E-state index contributed by atoms with van der Waals surface area (Å²) >= 11 is 12.0. The number of hydrogen-bond acceptors (Lipinski definition) is 3. The number of hydrogen-bond donors (Lipinski definition) is 2. The molecular formula is C13H16Cl2N2O2S. The lowest BCUT2D eigenvalue weighted by Gasteiger charge is -2.15. The van der Waals surface area contributed by atoms with E-state index in [9.17, 15) is 8.42 Å². The van der Waals surface area contributed by atoms with Crippen LogP contribution in [0.1, 0.15) is 12.0 Å². The van der Waals surface area contributed by atoms with Crippen molar-refractivity contribution in [3.63, 3.8) is 0 Å². The fraction of sp³-hybridized carbons (Fsp3) is 0.385. The van der Waals surface area contributed by atoms with Crippen molar-refractivity contribution in [3.8, 4) is 0 Å². The topological polar surface area (TPSA) is 58.2 Å². The van der Waals surface area contributed by atoms with Gasteiger partial charge in [0, 0.05) is 23.1 Å². The highest BCUT2D eigenvalue weighted by Crippen LogP contribution is 2.27. The third-order valence-corrected chi connectivity index (χ3v) is 5.38. The first-order valence-electron chi connectivity index (χ1n) is 6.24. The Morgan fingerprint density at radius 2 is 1.95 bits per heavy atom. The minimum atomic E-state index is -3.60. The predicted octanol–water partition coefficient (Wildman–Crippen LogP) is 2.50. The maximum Gasteiger partial charge on any atom is 0.240 e. The zero-order chi connectivity index (χ0) is 14.8. The largest absolute Gasteiger partial charge is 0.313 e. The summed E-state index contributed by atoms with van der Waals surface area (Å²) in [7, 11) is -3.60. The molecule has 0 aliphatic carbocycles. The average molecular weight is 335 g/mol. The molecule has 20 heavy (non-hydrogen) atoms. The molecule has 0 radical (unpaired) electrons. The smallest absolute Gasteiger partial charge is 0.240 e. The summed E-state index contributed by atoms with van der Waals surface area (Å²) in [6.45, 7) is 3.70. The first-order valence-corrected chi connectivity index (χ1v) is 8.48. The van der Waals surface area contributed by atoms with Crippen LogP contribution < -0.4 is 10.0 Å². The molecule has 1 aromatic carbocycles. The zero-order valence-corrected chi connectivity index (χ0v) is 13.4. The number of benzene rings is 1. The zero-order valence-electron chi connectivity index (χ0n) is 11.0. The van der Waals surface area contributed by atoms with Crippen LogP contribution in [0, 0.1) is 6.92 Å². The molecule has 1 heterocycles. The first-order chi connectivity index (χ1) is 9.40. The van der Waals surface area contributed by atoms with Crippen molar-refractivity contribution in [2.45, 2.75) is 18.2 Å². The first kappa shape index (κ1) is 15.8. The van der Waals surface area contributed by atoms with Gasteiger partial charge in [0.15, 0.2) is 0 Å². The summed E-state index contributed by atoms with van der Waals surface area (Å²) in [6.07, 6.45) is 2.85. The molecule has 1 aromatic rings. The van der Waals surface area contributed by atoms with Gasteiger partial charge in [0.2, 0.25) is 10.0 Å². The Hall–Kier alpha value is -0.590. The van der Waals surface area contributed by atoms with Crippen LogP contribution in [0.25, 0.3) is 0 Å². The van der Waals surface area contributed by atoms with Crippen molar-refractivity contribution in [2.75, 3.05) is 19.6 Å². The fourth-order valence-electron chi connectivity index (χ4n) is 1.88. The standard InChI is InChI=1S/C13H16Cl2N2O2S/c1-9-12(14)6-11(7-13(9)15)20(18,19)17-8-10-2-4-16-5-3-10/h2,6-7,16-17H,3-5,8H2,1H3. The SMILES string of the molecule is Cc1c(Cl)cc(S(=O)(=O)NCC2=CCNCC2)cc1Cl. The molecule has 2 rings (SSSR count). The van der Waals surface area contributed by atoms with Crippen LogP contribution >= 0.6 is 23.2 Å². The molecule has 0 atom stereocenters. The molecular weight excluding hydrogens is 319 g/mol. The van der Waals surface area contributed by atoms with E-state index in [1.165, 1.54) is 12.1 Å². The monoisotopic (exact) mass is 334 g/mol. The average Bonchev–Trinajstić information content (AvgIpc) is 2.43. The molecule has 110 valence electrons. The second-order valence-electron chi connectivity index (χ2n) is 4.65. The van der Waals surface area contributed by atoms with Crippen LogP contribution in [-0.2, 0) is 10.0 Å². The molecule has 1 aliphatic rings. The molecule has 2 N–H and O–H groups in total. The van der Waals surface area contributed by atoms with Gasteiger partial charge in [0.05, 0.1) is 4.90 Å². The van der Waals surface area contributed by atoms with Crippen LogP contribution in [0.15, 0.2) is 28.7 Å². The number of rotatable bonds is 4. The Morgan fingerprint density at radius 3 is 2.50 bits per heavy atom. The fourth-order valence-corrected chi connectivity index (χ4v) is 3.58. The molecule has 0 amide bonds. The second-order valence-corrected chi connectivity index (χ2v) is 7.23. The Bertz CT molecular complexity index is 619. The minimum absolute atomic E-state index is 0.0904. The van der Waals surface area contributed by atoms with Gasteiger partial charge in [-0.25, -0.2) is 13.1 Å². The predicted molar refractivity (Wildman–Crippen MR) is 82.0 cm³/mol. The third-order valence-electron chi connectivity index (χ3n) is 3.21. The van der Waals surface area contributed by atoms with Gasteiger partial charge in [-0.3, -0.25) is 0 Å². The minimum Gasteiger partial charge on any atom is -0.313 e. The van der Waals surface area contributed by atoms with E-state index in [0.29, 0.717) is 22.2 Å². The Kier molecular flexibility index (Phi) is 5.09. The van der Waals surface area contributed by atoms with Gasteiger partial charge in [-0.15, -0.1) is 0 Å². The second kappa shape index (κ2) is 6.45. The van der Waals surface area contributed by atoms with Gasteiger partial charge < -0.3 is 5.32 Å². The maximum absolute atomic E-state index is 12.2. The summed E-state index contributed by atoms with van der Waals surface area (Å²) in [4.78, 5) is 0.0904. The lowest BCUT2D eigenvalue weighted by molar-refractivity contribution is 0.582. The van der Waals surface area contributed by atoms with Crippen molar-refractivity contribution in [3.05, 3.63) is 39.4 Å². The Balaban J connectivity index is 2.16. The molecule has 0 saturated heterocycles. The summed E-state index contributed by atoms with van der Waals surface area (Å²) < 4.78 is 27.0. The van der Waals surface area contributed by atoms with E-state index in [-0.39, 0.29) is 4.90 Å². The highest BCUT2D eigenvalue weighted by Gasteiger charge is 2.17. The van der Waals surface area contributed by atoms with Crippen molar-refractivity contribution in [1.82, 2.24) is 10.0 Å². The van der Waals surface area contributed by atoms with Gasteiger partial charge in [-0.1, -0.05) is 34.9 Å². The number of nitrogens with one attached hydrogen (secondary N) is 2. The van der Waals surface area contributed by atoms with Crippen LogP contribution in [0.5, 0.6) is 0 Å². The van der Waals surface area contributed by atoms with Gasteiger partial charge in [-0.05, 0) is 37.6 Å². The van der Waals surface area contributed by atoms with E-state index in [4.69, 9.17) is 23.2 Å².